The summed E-state index contributed by atoms with van der Waals surface area (Å²) in [5.74, 6) is -1.85. The van der Waals surface area contributed by atoms with Crippen LogP contribution in [0.5, 0.6) is 0 Å². The van der Waals surface area contributed by atoms with Crippen molar-refractivity contribution in [1.29, 1.82) is 0 Å². The summed E-state index contributed by atoms with van der Waals surface area (Å²) >= 11 is 5.68. The predicted octanol–water partition coefficient (Wildman–Crippen LogP) is 3.35. The third-order valence-electron chi connectivity index (χ3n) is 2.90. The summed E-state index contributed by atoms with van der Waals surface area (Å²) in [6, 6.07) is 3.92. The maximum absolute atomic E-state index is 13.1. The molecule has 0 saturated carbocycles. The van der Waals surface area contributed by atoms with Gasteiger partial charge in [0.1, 0.15) is 5.82 Å². The number of benzene rings is 1. The standard InChI is InChI=1S/C14H18ClFO3/c1-4-19-14(18)12(8(2)3)13(17)9-5-6-11(16)10(15)7-9/h5-8,12-13,17H,4H2,1-3H3. The second-order valence-corrected chi connectivity index (χ2v) is 5.05. The first-order valence-corrected chi connectivity index (χ1v) is 6.55. The topological polar surface area (TPSA) is 46.5 Å². The van der Waals surface area contributed by atoms with E-state index in [0.29, 0.717) is 5.56 Å². The number of esters is 1. The second-order valence-electron chi connectivity index (χ2n) is 4.64. The number of carbonyl (C=O) groups excluding carboxylic acids is 1. The largest absolute Gasteiger partial charge is 0.466 e. The highest BCUT2D eigenvalue weighted by Gasteiger charge is 2.32. The quantitative estimate of drug-likeness (QED) is 0.845. The van der Waals surface area contributed by atoms with E-state index in [1.165, 1.54) is 18.2 Å². The summed E-state index contributed by atoms with van der Waals surface area (Å²) in [5, 5.41) is 10.2. The van der Waals surface area contributed by atoms with Crippen molar-refractivity contribution in [2.45, 2.75) is 26.9 Å². The van der Waals surface area contributed by atoms with Crippen LogP contribution in [0.15, 0.2) is 18.2 Å². The van der Waals surface area contributed by atoms with Crippen LogP contribution in [-0.4, -0.2) is 17.7 Å². The van der Waals surface area contributed by atoms with Crippen LogP contribution in [0.2, 0.25) is 5.02 Å². The number of hydrogen-bond acceptors (Lipinski definition) is 3. The number of aliphatic hydroxyl groups excluding tert-OH is 1. The Morgan fingerprint density at radius 3 is 2.58 bits per heavy atom. The molecule has 0 aromatic heterocycles. The minimum Gasteiger partial charge on any atom is -0.466 e. The average Bonchev–Trinajstić information content (AvgIpc) is 2.32. The summed E-state index contributed by atoms with van der Waals surface area (Å²) in [6.45, 7) is 5.58. The van der Waals surface area contributed by atoms with Crippen LogP contribution in [0.4, 0.5) is 4.39 Å². The molecule has 1 aromatic carbocycles. The lowest BCUT2D eigenvalue weighted by molar-refractivity contribution is -0.154. The van der Waals surface area contributed by atoms with Gasteiger partial charge in [0.2, 0.25) is 0 Å². The molecular formula is C14H18ClFO3. The molecule has 1 rings (SSSR count). The van der Waals surface area contributed by atoms with Gasteiger partial charge in [-0.1, -0.05) is 31.5 Å². The van der Waals surface area contributed by atoms with Crippen molar-refractivity contribution in [2.75, 3.05) is 6.61 Å². The molecule has 5 heteroatoms. The van der Waals surface area contributed by atoms with E-state index in [9.17, 15) is 14.3 Å². The van der Waals surface area contributed by atoms with Crippen LogP contribution in [0.3, 0.4) is 0 Å². The zero-order valence-electron chi connectivity index (χ0n) is 11.2. The maximum atomic E-state index is 13.1. The van der Waals surface area contributed by atoms with Gasteiger partial charge in [-0.3, -0.25) is 4.79 Å². The molecule has 106 valence electrons. The highest BCUT2D eigenvalue weighted by molar-refractivity contribution is 6.30. The average molecular weight is 289 g/mol. The van der Waals surface area contributed by atoms with E-state index in [1.54, 1.807) is 6.92 Å². The number of hydrogen-bond donors (Lipinski definition) is 1. The molecule has 1 aromatic rings. The Labute approximate surface area is 117 Å². The molecule has 2 atom stereocenters. The number of ether oxygens (including phenoxy) is 1. The second kappa shape index (κ2) is 6.87. The van der Waals surface area contributed by atoms with Gasteiger partial charge in [0.25, 0.3) is 0 Å². The highest BCUT2D eigenvalue weighted by Crippen LogP contribution is 2.31. The van der Waals surface area contributed by atoms with Crippen LogP contribution in [-0.2, 0) is 9.53 Å². The smallest absolute Gasteiger partial charge is 0.312 e. The lowest BCUT2D eigenvalue weighted by atomic mass is 9.86. The minimum atomic E-state index is -1.07. The van der Waals surface area contributed by atoms with Gasteiger partial charge in [-0.15, -0.1) is 0 Å². The van der Waals surface area contributed by atoms with E-state index in [1.807, 2.05) is 13.8 Å². The van der Waals surface area contributed by atoms with E-state index < -0.39 is 23.8 Å². The van der Waals surface area contributed by atoms with E-state index in [2.05, 4.69) is 0 Å². The molecule has 0 fully saturated rings. The lowest BCUT2D eigenvalue weighted by Gasteiger charge is -2.24. The Morgan fingerprint density at radius 1 is 1.47 bits per heavy atom. The summed E-state index contributed by atoms with van der Waals surface area (Å²) in [7, 11) is 0. The molecule has 2 unspecified atom stereocenters. The predicted molar refractivity (Wildman–Crippen MR) is 71.3 cm³/mol. The molecule has 0 spiro atoms. The molecule has 1 N–H and O–H groups in total. The van der Waals surface area contributed by atoms with E-state index in [0.717, 1.165) is 0 Å². The fraction of sp³-hybridized carbons (Fsp3) is 0.500. The van der Waals surface area contributed by atoms with Crippen LogP contribution in [0.1, 0.15) is 32.4 Å². The van der Waals surface area contributed by atoms with Crippen molar-refractivity contribution in [1.82, 2.24) is 0 Å². The van der Waals surface area contributed by atoms with Crippen molar-refractivity contribution in [3.63, 3.8) is 0 Å². The van der Waals surface area contributed by atoms with Gasteiger partial charge >= 0.3 is 5.97 Å². The Bertz CT molecular complexity index is 448. The van der Waals surface area contributed by atoms with Crippen LogP contribution < -0.4 is 0 Å². The maximum Gasteiger partial charge on any atom is 0.312 e. The third kappa shape index (κ3) is 3.91. The molecular weight excluding hydrogens is 271 g/mol. The zero-order chi connectivity index (χ0) is 14.6. The van der Waals surface area contributed by atoms with Gasteiger partial charge in [0, 0.05) is 0 Å². The SMILES string of the molecule is CCOC(=O)C(C(C)C)C(O)c1ccc(F)c(Cl)c1. The molecule has 0 aliphatic heterocycles. The Morgan fingerprint density at radius 2 is 2.11 bits per heavy atom. The molecule has 0 radical (unpaired) electrons. The zero-order valence-corrected chi connectivity index (χ0v) is 11.9. The van der Waals surface area contributed by atoms with Crippen LogP contribution >= 0.6 is 11.6 Å². The number of halogens is 2. The van der Waals surface area contributed by atoms with Crippen molar-refractivity contribution < 1.29 is 19.0 Å². The molecule has 19 heavy (non-hydrogen) atoms. The molecule has 0 saturated heterocycles. The fourth-order valence-corrected chi connectivity index (χ4v) is 2.10. The first-order valence-electron chi connectivity index (χ1n) is 6.18. The van der Waals surface area contributed by atoms with Gasteiger partial charge in [-0.2, -0.15) is 0 Å². The Hall–Kier alpha value is -1.13. The Balaban J connectivity index is 3.01. The fourth-order valence-electron chi connectivity index (χ4n) is 1.91. The van der Waals surface area contributed by atoms with Gasteiger partial charge in [-0.25, -0.2) is 4.39 Å². The molecule has 0 bridgehead atoms. The van der Waals surface area contributed by atoms with E-state index in [-0.39, 0.29) is 17.5 Å². The van der Waals surface area contributed by atoms with E-state index >= 15 is 0 Å². The molecule has 0 amide bonds. The van der Waals surface area contributed by atoms with Crippen molar-refractivity contribution in [2.24, 2.45) is 11.8 Å². The van der Waals surface area contributed by atoms with Gasteiger partial charge in [0.15, 0.2) is 0 Å². The summed E-state index contributed by atoms with van der Waals surface area (Å²) in [6.07, 6.45) is -1.07. The normalized spacial score (nSPS) is 14.3. The van der Waals surface area contributed by atoms with Gasteiger partial charge in [0.05, 0.1) is 23.7 Å². The van der Waals surface area contributed by atoms with Gasteiger partial charge < -0.3 is 9.84 Å². The summed E-state index contributed by atoms with van der Waals surface area (Å²) in [5.41, 5.74) is 0.401. The first kappa shape index (κ1) is 15.9. The lowest BCUT2D eigenvalue weighted by Crippen LogP contribution is -2.29. The van der Waals surface area contributed by atoms with Crippen LogP contribution in [0, 0.1) is 17.7 Å². The van der Waals surface area contributed by atoms with E-state index in [4.69, 9.17) is 16.3 Å². The Kier molecular flexibility index (Phi) is 5.76. The molecule has 0 aliphatic carbocycles. The molecule has 0 aliphatic rings. The highest BCUT2D eigenvalue weighted by atomic mass is 35.5. The minimum absolute atomic E-state index is 0.0806. The van der Waals surface area contributed by atoms with Gasteiger partial charge in [-0.05, 0) is 30.5 Å². The molecule has 0 heterocycles. The summed E-state index contributed by atoms with van der Waals surface area (Å²) in [4.78, 5) is 11.9. The number of carbonyl (C=O) groups is 1. The summed E-state index contributed by atoms with van der Waals surface area (Å²) < 4.78 is 18.1. The molecule has 3 nitrogen and oxygen atoms in total. The number of aliphatic hydroxyl groups is 1. The number of rotatable bonds is 5. The van der Waals surface area contributed by atoms with Crippen LogP contribution in [0.25, 0.3) is 0 Å². The first-order chi connectivity index (χ1) is 8.88. The third-order valence-corrected chi connectivity index (χ3v) is 3.19. The van der Waals surface area contributed by atoms with Crippen molar-refractivity contribution >= 4 is 17.6 Å². The van der Waals surface area contributed by atoms with Crippen molar-refractivity contribution in [3.8, 4) is 0 Å². The van der Waals surface area contributed by atoms with Crippen molar-refractivity contribution in [3.05, 3.63) is 34.6 Å². The monoisotopic (exact) mass is 288 g/mol.